The van der Waals surface area contributed by atoms with Gasteiger partial charge in [-0.1, -0.05) is 49.3 Å². The van der Waals surface area contributed by atoms with Gasteiger partial charge in [0.2, 0.25) is 0 Å². The van der Waals surface area contributed by atoms with Gasteiger partial charge in [-0.2, -0.15) is 0 Å². The molecule has 1 atom stereocenters. The first-order chi connectivity index (χ1) is 5.16. The van der Waals surface area contributed by atoms with E-state index in [-0.39, 0.29) is 0 Å². The first-order valence-electron chi connectivity index (χ1n) is 4.45. The normalized spacial score (nSPS) is 13.9. The highest BCUT2D eigenvalue weighted by atomic mass is 33.1. The highest BCUT2D eigenvalue weighted by molar-refractivity contribution is 8.76. The van der Waals surface area contributed by atoms with Gasteiger partial charge in [-0.3, -0.25) is 0 Å². The Morgan fingerprint density at radius 3 is 2.27 bits per heavy atom. The molecule has 0 amide bonds. The maximum Gasteiger partial charge on any atom is 0.0120 e. The van der Waals surface area contributed by atoms with E-state index in [4.69, 9.17) is 0 Å². The Morgan fingerprint density at radius 2 is 1.82 bits per heavy atom. The Bertz CT molecular complexity index is 81.6. The van der Waals surface area contributed by atoms with Crippen LogP contribution in [0.3, 0.4) is 0 Å². The average molecular weight is 192 g/mol. The summed E-state index contributed by atoms with van der Waals surface area (Å²) < 4.78 is 0. The molecule has 0 aliphatic heterocycles. The minimum Gasteiger partial charge on any atom is -0.0939 e. The lowest BCUT2D eigenvalue weighted by atomic mass is 10.2. The van der Waals surface area contributed by atoms with Gasteiger partial charge in [0.05, 0.1) is 0 Å². The van der Waals surface area contributed by atoms with Crippen molar-refractivity contribution < 1.29 is 0 Å². The van der Waals surface area contributed by atoms with E-state index in [0.29, 0.717) is 0 Å². The second kappa shape index (κ2) is 7.35. The van der Waals surface area contributed by atoms with E-state index in [2.05, 4.69) is 27.7 Å². The Labute approximate surface area is 79.3 Å². The third-order valence-corrected chi connectivity index (χ3v) is 4.68. The summed E-state index contributed by atoms with van der Waals surface area (Å²) >= 11 is 0. The molecule has 0 nitrogen and oxygen atoms in total. The van der Waals surface area contributed by atoms with Gasteiger partial charge in [-0.15, -0.1) is 0 Å². The van der Waals surface area contributed by atoms with Crippen LogP contribution in [0.15, 0.2) is 0 Å². The van der Waals surface area contributed by atoms with Crippen LogP contribution in [0.5, 0.6) is 0 Å². The van der Waals surface area contributed by atoms with Crippen LogP contribution in [-0.4, -0.2) is 11.0 Å². The Kier molecular flexibility index (Phi) is 7.82. The van der Waals surface area contributed by atoms with Crippen LogP contribution in [0.25, 0.3) is 0 Å². The molecule has 0 saturated carbocycles. The lowest BCUT2D eigenvalue weighted by Crippen LogP contribution is -1.91. The summed E-state index contributed by atoms with van der Waals surface area (Å²) in [5, 5.41) is 0.826. The van der Waals surface area contributed by atoms with Crippen molar-refractivity contribution in [3.05, 3.63) is 0 Å². The molecule has 0 spiro atoms. The molecular weight excluding hydrogens is 172 g/mol. The van der Waals surface area contributed by atoms with Crippen LogP contribution < -0.4 is 0 Å². The molecule has 0 aliphatic rings. The number of hydrogen-bond donors (Lipinski definition) is 0. The zero-order chi connectivity index (χ0) is 8.69. The van der Waals surface area contributed by atoms with E-state index in [9.17, 15) is 0 Å². The molecule has 0 aliphatic carbocycles. The average Bonchev–Trinajstić information content (AvgIpc) is 1.97. The topological polar surface area (TPSA) is 0 Å². The van der Waals surface area contributed by atoms with Crippen LogP contribution in [0.1, 0.15) is 40.5 Å². The predicted octanol–water partition coefficient (Wildman–Crippen LogP) is 4.21. The van der Waals surface area contributed by atoms with Crippen molar-refractivity contribution >= 4 is 21.6 Å². The van der Waals surface area contributed by atoms with Crippen LogP contribution >= 0.6 is 21.6 Å². The first-order valence-corrected chi connectivity index (χ1v) is 6.83. The molecule has 0 aromatic rings. The Hall–Kier alpha value is 0.700. The van der Waals surface area contributed by atoms with Gasteiger partial charge in [0, 0.05) is 11.0 Å². The van der Waals surface area contributed by atoms with Crippen molar-refractivity contribution in [1.82, 2.24) is 0 Å². The molecule has 0 bridgehead atoms. The summed E-state index contributed by atoms with van der Waals surface area (Å²) in [7, 11) is 4.07. The van der Waals surface area contributed by atoms with E-state index >= 15 is 0 Å². The first kappa shape index (κ1) is 11.7. The summed E-state index contributed by atoms with van der Waals surface area (Å²) in [6, 6.07) is 0. The molecule has 0 aromatic heterocycles. The summed E-state index contributed by atoms with van der Waals surface area (Å²) in [5.41, 5.74) is 0. The number of hydrogen-bond acceptors (Lipinski definition) is 2. The molecule has 0 radical (unpaired) electrons. The fourth-order valence-corrected chi connectivity index (χ4v) is 3.23. The van der Waals surface area contributed by atoms with Gasteiger partial charge >= 0.3 is 0 Å². The van der Waals surface area contributed by atoms with E-state index in [0.717, 1.165) is 11.2 Å². The summed E-state index contributed by atoms with van der Waals surface area (Å²) in [6.07, 6.45) is 2.65. The van der Waals surface area contributed by atoms with Gasteiger partial charge in [0.25, 0.3) is 0 Å². The van der Waals surface area contributed by atoms with Crippen molar-refractivity contribution in [2.75, 3.05) is 5.75 Å². The quantitative estimate of drug-likeness (QED) is 0.457. The maximum atomic E-state index is 2.30. The van der Waals surface area contributed by atoms with E-state index in [1.165, 1.54) is 18.6 Å². The van der Waals surface area contributed by atoms with E-state index in [1.807, 2.05) is 21.6 Å². The van der Waals surface area contributed by atoms with Gasteiger partial charge in [-0.25, -0.2) is 0 Å². The lowest BCUT2D eigenvalue weighted by molar-refractivity contribution is 0.633. The monoisotopic (exact) mass is 192 g/mol. The van der Waals surface area contributed by atoms with Crippen molar-refractivity contribution in [3.63, 3.8) is 0 Å². The molecule has 0 saturated heterocycles. The van der Waals surface area contributed by atoms with Crippen molar-refractivity contribution in [1.29, 1.82) is 0 Å². The Morgan fingerprint density at radius 1 is 1.18 bits per heavy atom. The zero-order valence-corrected chi connectivity index (χ0v) is 9.73. The maximum absolute atomic E-state index is 2.30. The molecule has 0 heterocycles. The molecule has 1 unspecified atom stereocenters. The molecule has 0 fully saturated rings. The van der Waals surface area contributed by atoms with Crippen molar-refractivity contribution in [3.8, 4) is 0 Å². The van der Waals surface area contributed by atoms with Gasteiger partial charge in [0.15, 0.2) is 0 Å². The summed E-state index contributed by atoms with van der Waals surface area (Å²) in [4.78, 5) is 0. The standard InChI is InChI=1S/C9H20S2/c1-5-9(4)11-10-7-6-8(2)3/h8-9H,5-7H2,1-4H3. The van der Waals surface area contributed by atoms with Gasteiger partial charge < -0.3 is 0 Å². The molecule has 0 aromatic carbocycles. The van der Waals surface area contributed by atoms with E-state index < -0.39 is 0 Å². The van der Waals surface area contributed by atoms with Crippen molar-refractivity contribution in [2.24, 2.45) is 5.92 Å². The highest BCUT2D eigenvalue weighted by Gasteiger charge is 1.99. The second-order valence-corrected chi connectivity index (χ2v) is 6.25. The fraction of sp³-hybridized carbons (Fsp3) is 1.00. The Balaban J connectivity index is 3.01. The lowest BCUT2D eigenvalue weighted by Gasteiger charge is -2.07. The summed E-state index contributed by atoms with van der Waals surface area (Å²) in [6.45, 7) is 9.12. The minimum absolute atomic E-state index is 0.826. The molecule has 2 heteroatoms. The third kappa shape index (κ3) is 8.61. The van der Waals surface area contributed by atoms with Gasteiger partial charge in [-0.05, 0) is 18.8 Å². The molecular formula is C9H20S2. The van der Waals surface area contributed by atoms with E-state index in [1.54, 1.807) is 0 Å². The highest BCUT2D eigenvalue weighted by Crippen LogP contribution is 2.29. The predicted molar refractivity (Wildman–Crippen MR) is 59.3 cm³/mol. The summed E-state index contributed by atoms with van der Waals surface area (Å²) in [5.74, 6) is 2.17. The smallest absolute Gasteiger partial charge is 0.0120 e. The fourth-order valence-electron chi connectivity index (χ4n) is 0.516. The van der Waals surface area contributed by atoms with Crippen molar-refractivity contribution in [2.45, 2.75) is 45.8 Å². The van der Waals surface area contributed by atoms with Crippen LogP contribution in [0.2, 0.25) is 0 Å². The minimum atomic E-state index is 0.826. The number of rotatable bonds is 6. The molecule has 11 heavy (non-hydrogen) atoms. The third-order valence-electron chi connectivity index (χ3n) is 1.59. The van der Waals surface area contributed by atoms with Crippen LogP contribution in [-0.2, 0) is 0 Å². The second-order valence-electron chi connectivity index (χ2n) is 3.32. The molecule has 0 N–H and O–H groups in total. The largest absolute Gasteiger partial charge is 0.0939 e. The van der Waals surface area contributed by atoms with Gasteiger partial charge in [0.1, 0.15) is 0 Å². The van der Waals surface area contributed by atoms with Crippen LogP contribution in [0, 0.1) is 5.92 Å². The van der Waals surface area contributed by atoms with Crippen LogP contribution in [0.4, 0.5) is 0 Å². The zero-order valence-electron chi connectivity index (χ0n) is 8.09. The molecule has 0 rings (SSSR count). The molecule has 68 valence electrons. The SMILES string of the molecule is CCC(C)SSCCC(C)C.